The summed E-state index contributed by atoms with van der Waals surface area (Å²) in [6.07, 6.45) is 9.48. The van der Waals surface area contributed by atoms with Crippen LogP contribution in [-0.4, -0.2) is 46.7 Å². The Morgan fingerprint density at radius 2 is 2.17 bits per heavy atom. The molecule has 1 amide bonds. The summed E-state index contributed by atoms with van der Waals surface area (Å²) in [5, 5.41) is 9.44. The summed E-state index contributed by atoms with van der Waals surface area (Å²) in [5.41, 5.74) is 1.82. The first-order valence-electron chi connectivity index (χ1n) is 8.52. The summed E-state index contributed by atoms with van der Waals surface area (Å²) in [6.45, 7) is 7.21. The van der Waals surface area contributed by atoms with Gasteiger partial charge in [0.2, 0.25) is 5.91 Å². The number of carboxylic acid groups (broad SMARTS) is 1. The maximum atomic E-state index is 12.7. The second-order valence-corrected chi connectivity index (χ2v) is 7.33. The van der Waals surface area contributed by atoms with Gasteiger partial charge in [0.1, 0.15) is 11.5 Å². The van der Waals surface area contributed by atoms with Crippen molar-refractivity contribution in [2.75, 3.05) is 13.1 Å². The number of hydrogen-bond acceptors (Lipinski definition) is 3. The lowest BCUT2D eigenvalue weighted by Gasteiger charge is -2.21. The number of carboxylic acids is 1. The van der Waals surface area contributed by atoms with Crippen LogP contribution in [-0.2, 0) is 14.3 Å². The fourth-order valence-electron chi connectivity index (χ4n) is 3.97. The highest BCUT2D eigenvalue weighted by Crippen LogP contribution is 2.51. The number of rotatable bonds is 6. The average Bonchev–Trinajstić information content (AvgIpc) is 3.13. The molecule has 0 aromatic rings. The first-order chi connectivity index (χ1) is 11.3. The molecule has 3 aliphatic rings. The van der Waals surface area contributed by atoms with Gasteiger partial charge in [-0.3, -0.25) is 9.59 Å². The molecule has 5 nitrogen and oxygen atoms in total. The van der Waals surface area contributed by atoms with Crippen molar-refractivity contribution in [1.82, 2.24) is 4.90 Å². The van der Waals surface area contributed by atoms with Crippen LogP contribution in [0, 0.1) is 11.8 Å². The number of carbonyl (C=O) groups excluding carboxylic acids is 1. The third kappa shape index (κ3) is 2.81. The van der Waals surface area contributed by atoms with E-state index >= 15 is 0 Å². The zero-order valence-corrected chi connectivity index (χ0v) is 14.5. The van der Waals surface area contributed by atoms with Crippen molar-refractivity contribution in [3.8, 4) is 0 Å². The summed E-state index contributed by atoms with van der Waals surface area (Å²) in [4.78, 5) is 26.0. The molecule has 1 N–H and O–H groups in total. The minimum Gasteiger partial charge on any atom is -0.481 e. The lowest BCUT2D eigenvalue weighted by Crippen LogP contribution is -2.39. The van der Waals surface area contributed by atoms with Crippen LogP contribution in [0.1, 0.15) is 33.6 Å². The molecule has 24 heavy (non-hydrogen) atoms. The number of ether oxygens (including phenoxy) is 1. The summed E-state index contributed by atoms with van der Waals surface area (Å²) in [7, 11) is 0. The van der Waals surface area contributed by atoms with E-state index in [9.17, 15) is 14.7 Å². The molecule has 2 bridgehead atoms. The van der Waals surface area contributed by atoms with E-state index in [2.05, 4.69) is 32.9 Å². The predicted molar refractivity (Wildman–Crippen MR) is 90.4 cm³/mol. The SMILES string of the molecule is CC(C)=CCC/C(C)=C\CN1C[C@@]23C=C[C@H](O2)[C@@H](C(=O)O)[C@@H]3C1=O. The predicted octanol–water partition coefficient (Wildman–Crippen LogP) is 2.55. The molecule has 0 saturated carbocycles. The molecule has 0 radical (unpaired) electrons. The van der Waals surface area contributed by atoms with Crippen LogP contribution in [0.2, 0.25) is 0 Å². The van der Waals surface area contributed by atoms with Crippen LogP contribution in [0.15, 0.2) is 35.5 Å². The van der Waals surface area contributed by atoms with Gasteiger partial charge < -0.3 is 14.7 Å². The van der Waals surface area contributed by atoms with Crippen molar-refractivity contribution in [3.63, 3.8) is 0 Å². The zero-order chi connectivity index (χ0) is 17.5. The Hall–Kier alpha value is -1.88. The third-order valence-electron chi connectivity index (χ3n) is 5.22. The van der Waals surface area contributed by atoms with Gasteiger partial charge in [0, 0.05) is 6.54 Å². The van der Waals surface area contributed by atoms with Gasteiger partial charge in [-0.25, -0.2) is 0 Å². The molecule has 3 heterocycles. The Labute approximate surface area is 142 Å². The number of nitrogens with zero attached hydrogens (tertiary/aromatic N) is 1. The van der Waals surface area contributed by atoms with Crippen molar-refractivity contribution in [2.24, 2.45) is 11.8 Å². The van der Waals surface area contributed by atoms with Crippen LogP contribution >= 0.6 is 0 Å². The van der Waals surface area contributed by atoms with Gasteiger partial charge in [0.05, 0.1) is 18.6 Å². The Balaban J connectivity index is 1.66. The number of hydrogen-bond donors (Lipinski definition) is 1. The number of likely N-dealkylation sites (tertiary alicyclic amines) is 1. The van der Waals surface area contributed by atoms with Gasteiger partial charge >= 0.3 is 5.97 Å². The maximum absolute atomic E-state index is 12.7. The second kappa shape index (κ2) is 6.20. The highest BCUT2D eigenvalue weighted by atomic mass is 16.5. The summed E-state index contributed by atoms with van der Waals surface area (Å²) in [6, 6.07) is 0. The summed E-state index contributed by atoms with van der Waals surface area (Å²) < 4.78 is 5.87. The van der Waals surface area contributed by atoms with E-state index in [0.717, 1.165) is 12.8 Å². The number of carbonyl (C=O) groups is 2. The molecule has 130 valence electrons. The molecule has 2 fully saturated rings. The molecular formula is C19H25NO4. The van der Waals surface area contributed by atoms with Crippen LogP contribution < -0.4 is 0 Å². The standard InChI is InChI=1S/C19H25NO4/c1-12(2)5-4-6-13(3)8-10-20-11-19-9-7-14(24-19)15(18(22)23)16(19)17(20)21/h5,7-9,14-16H,4,6,10-11H2,1-3H3,(H,22,23)/b13-8-/t14-,15+,16+,19+/m0/s1. The van der Waals surface area contributed by atoms with E-state index in [-0.39, 0.29) is 5.91 Å². The van der Waals surface area contributed by atoms with Gasteiger partial charge in [-0.05, 0) is 33.6 Å². The molecule has 0 unspecified atom stereocenters. The molecular weight excluding hydrogens is 306 g/mol. The first-order valence-corrected chi connectivity index (χ1v) is 8.52. The average molecular weight is 331 g/mol. The molecule has 3 rings (SSSR count). The largest absolute Gasteiger partial charge is 0.481 e. The lowest BCUT2D eigenvalue weighted by molar-refractivity contribution is -0.147. The van der Waals surface area contributed by atoms with Crippen molar-refractivity contribution in [1.29, 1.82) is 0 Å². The van der Waals surface area contributed by atoms with Gasteiger partial charge in [-0.1, -0.05) is 35.5 Å². The summed E-state index contributed by atoms with van der Waals surface area (Å²) >= 11 is 0. The third-order valence-corrected chi connectivity index (χ3v) is 5.22. The van der Waals surface area contributed by atoms with Crippen molar-refractivity contribution in [3.05, 3.63) is 35.5 Å². The number of fused-ring (bicyclic) bond motifs is 1. The summed E-state index contributed by atoms with van der Waals surface area (Å²) in [5.74, 6) is -2.37. The normalized spacial score (nSPS) is 34.0. The van der Waals surface area contributed by atoms with Gasteiger partial charge in [0.15, 0.2) is 0 Å². The van der Waals surface area contributed by atoms with Crippen LogP contribution in [0.5, 0.6) is 0 Å². The Kier molecular flexibility index (Phi) is 4.38. The maximum Gasteiger partial charge on any atom is 0.310 e. The van der Waals surface area contributed by atoms with Crippen molar-refractivity contribution >= 4 is 11.9 Å². The van der Waals surface area contributed by atoms with E-state index < -0.39 is 29.5 Å². The zero-order valence-electron chi connectivity index (χ0n) is 14.5. The van der Waals surface area contributed by atoms with Crippen molar-refractivity contribution < 1.29 is 19.4 Å². The topological polar surface area (TPSA) is 66.8 Å². The van der Waals surface area contributed by atoms with Crippen LogP contribution in [0.4, 0.5) is 0 Å². The van der Waals surface area contributed by atoms with Crippen LogP contribution in [0.3, 0.4) is 0 Å². The highest BCUT2D eigenvalue weighted by Gasteiger charge is 2.66. The van der Waals surface area contributed by atoms with E-state index in [4.69, 9.17) is 4.74 Å². The molecule has 0 aromatic heterocycles. The van der Waals surface area contributed by atoms with Gasteiger partial charge in [-0.2, -0.15) is 0 Å². The van der Waals surface area contributed by atoms with E-state index in [1.54, 1.807) is 11.0 Å². The number of allylic oxidation sites excluding steroid dienone is 3. The monoisotopic (exact) mass is 331 g/mol. The number of amides is 1. The fraction of sp³-hybridized carbons (Fsp3) is 0.579. The lowest BCUT2D eigenvalue weighted by atomic mass is 9.77. The molecule has 5 heteroatoms. The van der Waals surface area contributed by atoms with E-state index in [1.165, 1.54) is 11.1 Å². The highest BCUT2D eigenvalue weighted by molar-refractivity contribution is 5.90. The number of aliphatic carboxylic acids is 1. The van der Waals surface area contributed by atoms with Crippen LogP contribution in [0.25, 0.3) is 0 Å². The minimum absolute atomic E-state index is 0.0948. The molecule has 0 aliphatic carbocycles. The smallest absolute Gasteiger partial charge is 0.310 e. The Bertz CT molecular complexity index is 644. The first kappa shape index (κ1) is 17.0. The van der Waals surface area contributed by atoms with Gasteiger partial charge in [-0.15, -0.1) is 0 Å². The fourth-order valence-corrected chi connectivity index (χ4v) is 3.97. The molecule has 1 spiro atoms. The van der Waals surface area contributed by atoms with E-state index in [1.807, 2.05) is 6.08 Å². The Morgan fingerprint density at radius 1 is 1.42 bits per heavy atom. The van der Waals surface area contributed by atoms with E-state index in [0.29, 0.717) is 13.1 Å². The second-order valence-electron chi connectivity index (χ2n) is 7.33. The minimum atomic E-state index is -0.945. The molecule has 0 aromatic carbocycles. The quantitative estimate of drug-likeness (QED) is 0.760. The molecule has 4 atom stereocenters. The van der Waals surface area contributed by atoms with Gasteiger partial charge in [0.25, 0.3) is 0 Å². The Morgan fingerprint density at radius 3 is 2.83 bits per heavy atom. The molecule has 3 aliphatic heterocycles. The van der Waals surface area contributed by atoms with Crippen molar-refractivity contribution in [2.45, 2.75) is 45.3 Å². The molecule has 2 saturated heterocycles.